The average Bonchev–Trinajstić information content (AvgIpc) is 3.40. The van der Waals surface area contributed by atoms with Crippen LogP contribution in [0.15, 0.2) is 36.7 Å². The van der Waals surface area contributed by atoms with Crippen molar-refractivity contribution in [3.63, 3.8) is 0 Å². The monoisotopic (exact) mass is 597 g/mol. The first-order valence-electron chi connectivity index (χ1n) is 12.5. The normalized spacial score (nSPS) is 25.1. The third-order valence-electron chi connectivity index (χ3n) is 6.08. The largest absolute Gasteiger partial charge is 0.462 e. The Labute approximate surface area is 235 Å². The molecule has 3 aromatic rings. The van der Waals surface area contributed by atoms with E-state index in [-0.39, 0.29) is 24.3 Å². The molecule has 1 aliphatic heterocycles. The van der Waals surface area contributed by atoms with Gasteiger partial charge in [-0.05, 0) is 51.6 Å². The second-order valence-corrected chi connectivity index (χ2v) is 12.8. The molecule has 1 aromatic carbocycles. The number of aliphatic hydroxyl groups is 1. The van der Waals surface area contributed by atoms with Crippen LogP contribution < -0.4 is 20.7 Å². The lowest BCUT2D eigenvalue weighted by atomic mass is 9.98. The molecule has 4 rings (SSSR count). The van der Waals surface area contributed by atoms with Gasteiger partial charge in [-0.15, -0.1) is 0 Å². The van der Waals surface area contributed by atoms with Gasteiger partial charge in [0.1, 0.15) is 24.0 Å². The fourth-order valence-corrected chi connectivity index (χ4v) is 6.55. The molecule has 0 saturated carbocycles. The third-order valence-corrected chi connectivity index (χ3v) is 8.58. The fourth-order valence-electron chi connectivity index (χ4n) is 4.14. The molecule has 1 aliphatic rings. The van der Waals surface area contributed by atoms with Gasteiger partial charge < -0.3 is 34.7 Å². The maximum atomic E-state index is 16.0. The molecule has 2 aromatic heterocycles. The number of rotatable bonds is 11. The summed E-state index contributed by atoms with van der Waals surface area (Å²) in [5.41, 5.74) is 4.11. The van der Waals surface area contributed by atoms with Crippen LogP contribution in [-0.4, -0.2) is 74.3 Å². The van der Waals surface area contributed by atoms with E-state index >= 15 is 4.39 Å². The summed E-state index contributed by atoms with van der Waals surface area (Å²) in [4.78, 5) is 25.0. The molecule has 3 heterocycles. The smallest absolute Gasteiger partial charge is 0.323 e. The lowest BCUT2D eigenvalue weighted by Crippen LogP contribution is -2.41. The highest BCUT2D eigenvalue weighted by atomic mass is 32.5. The van der Waals surface area contributed by atoms with Gasteiger partial charge in [0, 0.05) is 7.05 Å². The standard InChI is InChI=1S/C24H33FN7O6PS/c1-13(2)36-21(34)14(3)31-39(40,38-15-9-7-6-8-10-15)35-11-16-18(33)24(4,25)22(37-16)32-12-28-17-19(27-5)29-23(26)30-20(17)32/h6-10,12-14,16,18,22,33H,11H2,1-5H3,(H,31,40)(H3,26,27,29,30)/t14-,16?,18-,22?,24-,39-/m1/s1. The van der Waals surface area contributed by atoms with E-state index in [0.29, 0.717) is 17.1 Å². The van der Waals surface area contributed by atoms with Crippen molar-refractivity contribution in [3.8, 4) is 5.75 Å². The number of alkyl halides is 1. The fraction of sp³-hybridized carbons (Fsp3) is 0.500. The number of halogens is 1. The zero-order valence-electron chi connectivity index (χ0n) is 22.6. The molecular formula is C24H33FN7O6PS. The Morgan fingerprint density at radius 1 is 1.32 bits per heavy atom. The minimum atomic E-state index is -3.45. The number of imidazole rings is 1. The van der Waals surface area contributed by atoms with Crippen LogP contribution in [0.5, 0.6) is 5.75 Å². The van der Waals surface area contributed by atoms with Crippen LogP contribution in [0.25, 0.3) is 11.2 Å². The first-order valence-corrected chi connectivity index (χ1v) is 15.2. The van der Waals surface area contributed by atoms with E-state index < -0.39 is 42.8 Å². The number of nitrogens with one attached hydrogen (secondary N) is 2. The highest BCUT2D eigenvalue weighted by molar-refractivity contribution is 8.09. The summed E-state index contributed by atoms with van der Waals surface area (Å²) in [7, 11) is 1.64. The van der Waals surface area contributed by atoms with Crippen molar-refractivity contribution in [3.05, 3.63) is 36.7 Å². The average molecular weight is 598 g/mol. The number of anilines is 2. The highest BCUT2D eigenvalue weighted by Gasteiger charge is 2.56. The summed E-state index contributed by atoms with van der Waals surface area (Å²) >= 11 is 5.70. The lowest BCUT2D eigenvalue weighted by Gasteiger charge is -2.28. The maximum Gasteiger partial charge on any atom is 0.323 e. The summed E-state index contributed by atoms with van der Waals surface area (Å²) < 4.78 is 40.5. The molecule has 1 saturated heterocycles. The number of esters is 1. The van der Waals surface area contributed by atoms with E-state index in [9.17, 15) is 9.90 Å². The van der Waals surface area contributed by atoms with Crippen molar-refractivity contribution in [1.82, 2.24) is 24.6 Å². The SMILES string of the molecule is CNc1nc(N)nc2c1ncn2C1OC(CO[P@](=S)(N[C@H](C)C(=O)OC(C)C)Oc2ccccc2)[C@@H](O)[C@@]1(C)F. The molecule has 0 aliphatic carbocycles. The molecule has 1 fully saturated rings. The lowest BCUT2D eigenvalue weighted by molar-refractivity contribution is -0.149. The molecule has 5 N–H and O–H groups in total. The Hall–Kier alpha value is -2.94. The maximum absolute atomic E-state index is 16.0. The molecule has 2 unspecified atom stereocenters. The number of benzene rings is 1. The number of aliphatic hydroxyl groups excluding tert-OH is 1. The van der Waals surface area contributed by atoms with Crippen LogP contribution in [-0.2, 0) is 30.6 Å². The number of nitrogen functional groups attached to an aromatic ring is 1. The second-order valence-electron chi connectivity index (χ2n) is 9.66. The minimum Gasteiger partial charge on any atom is -0.462 e. The topological polar surface area (TPSA) is 168 Å². The molecule has 40 heavy (non-hydrogen) atoms. The molecule has 0 radical (unpaired) electrons. The van der Waals surface area contributed by atoms with Crippen molar-refractivity contribution < 1.29 is 32.8 Å². The van der Waals surface area contributed by atoms with Gasteiger partial charge in [-0.3, -0.25) is 9.36 Å². The first kappa shape index (κ1) is 30.0. The zero-order valence-corrected chi connectivity index (χ0v) is 24.4. The van der Waals surface area contributed by atoms with Crippen molar-refractivity contribution in [1.29, 1.82) is 0 Å². The minimum absolute atomic E-state index is 0.0486. The van der Waals surface area contributed by atoms with Crippen LogP contribution in [0.2, 0.25) is 0 Å². The van der Waals surface area contributed by atoms with Crippen LogP contribution in [0.1, 0.15) is 33.9 Å². The van der Waals surface area contributed by atoms with Gasteiger partial charge in [-0.1, -0.05) is 18.2 Å². The van der Waals surface area contributed by atoms with Crippen molar-refractivity contribution >= 4 is 47.3 Å². The molecule has 0 bridgehead atoms. The van der Waals surface area contributed by atoms with E-state index in [1.165, 1.54) is 17.8 Å². The first-order chi connectivity index (χ1) is 18.8. The number of para-hydroxylation sites is 1. The van der Waals surface area contributed by atoms with Gasteiger partial charge in [0.25, 0.3) is 0 Å². The van der Waals surface area contributed by atoms with Crippen molar-refractivity contribution in [2.45, 2.75) is 63.9 Å². The van der Waals surface area contributed by atoms with Gasteiger partial charge >= 0.3 is 12.6 Å². The molecule has 6 atom stereocenters. The summed E-state index contributed by atoms with van der Waals surface area (Å²) in [5, 5.41) is 16.7. The quantitative estimate of drug-likeness (QED) is 0.188. The highest BCUT2D eigenvalue weighted by Crippen LogP contribution is 2.48. The summed E-state index contributed by atoms with van der Waals surface area (Å²) in [5.74, 6) is 0.154. The van der Waals surface area contributed by atoms with Crippen LogP contribution in [0.4, 0.5) is 16.2 Å². The zero-order chi connectivity index (χ0) is 29.2. The number of nitrogens with zero attached hydrogens (tertiary/aromatic N) is 4. The summed E-state index contributed by atoms with van der Waals surface area (Å²) in [6.07, 6.45) is -3.12. The van der Waals surface area contributed by atoms with Crippen LogP contribution in [0.3, 0.4) is 0 Å². The molecule has 16 heteroatoms. The Morgan fingerprint density at radius 2 is 2.02 bits per heavy atom. The Morgan fingerprint density at radius 3 is 2.67 bits per heavy atom. The van der Waals surface area contributed by atoms with Gasteiger partial charge in [0.15, 0.2) is 28.9 Å². The van der Waals surface area contributed by atoms with E-state index in [1.807, 2.05) is 0 Å². The van der Waals surface area contributed by atoms with Crippen LogP contribution in [0, 0.1) is 0 Å². The Bertz CT molecular complexity index is 1390. The molecule has 13 nitrogen and oxygen atoms in total. The number of ether oxygens (including phenoxy) is 2. The van der Waals surface area contributed by atoms with Gasteiger partial charge in [-0.2, -0.15) is 9.97 Å². The van der Waals surface area contributed by atoms with E-state index in [4.69, 9.17) is 36.1 Å². The predicted octanol–water partition coefficient (Wildman–Crippen LogP) is 2.69. The van der Waals surface area contributed by atoms with Crippen LogP contribution >= 0.6 is 6.64 Å². The van der Waals surface area contributed by atoms with Gasteiger partial charge in [0.2, 0.25) is 5.95 Å². The number of carbonyl (C=O) groups excluding carboxylic acids is 1. The molecular weight excluding hydrogens is 564 g/mol. The van der Waals surface area contributed by atoms with Gasteiger partial charge in [0.05, 0.1) is 19.0 Å². The molecule has 218 valence electrons. The van der Waals surface area contributed by atoms with E-state index in [1.54, 1.807) is 58.2 Å². The Balaban J connectivity index is 1.56. The van der Waals surface area contributed by atoms with E-state index in [2.05, 4.69) is 25.4 Å². The number of aromatic nitrogens is 4. The second kappa shape index (κ2) is 11.9. The molecule has 0 amide bonds. The molecule has 0 spiro atoms. The summed E-state index contributed by atoms with van der Waals surface area (Å²) in [6.45, 7) is 2.42. The van der Waals surface area contributed by atoms with Gasteiger partial charge in [-0.25, -0.2) is 14.5 Å². The summed E-state index contributed by atoms with van der Waals surface area (Å²) in [6, 6.07) is 7.77. The van der Waals surface area contributed by atoms with Crippen molar-refractivity contribution in [2.75, 3.05) is 24.7 Å². The Kier molecular flexibility index (Phi) is 8.93. The number of nitrogens with two attached hydrogens (primary N) is 1. The number of carbonyl (C=O) groups is 1. The number of hydrogen-bond acceptors (Lipinski definition) is 12. The number of hydrogen-bond donors (Lipinski definition) is 4. The predicted molar refractivity (Wildman–Crippen MR) is 150 cm³/mol. The number of fused-ring (bicyclic) bond motifs is 1. The third kappa shape index (κ3) is 6.35. The van der Waals surface area contributed by atoms with E-state index in [0.717, 1.165) is 0 Å². The van der Waals surface area contributed by atoms with Crippen molar-refractivity contribution in [2.24, 2.45) is 0 Å².